The zero-order valence-corrected chi connectivity index (χ0v) is 21.0. The van der Waals surface area contributed by atoms with Crippen molar-refractivity contribution in [1.82, 2.24) is 4.98 Å². The van der Waals surface area contributed by atoms with Crippen LogP contribution in [0.3, 0.4) is 0 Å². The zero-order chi connectivity index (χ0) is 25.5. The summed E-state index contributed by atoms with van der Waals surface area (Å²) in [5, 5.41) is 0. The van der Waals surface area contributed by atoms with Crippen molar-refractivity contribution in [3.05, 3.63) is 23.5 Å². The lowest BCUT2D eigenvalue weighted by molar-refractivity contribution is -0.141. The fourth-order valence-corrected chi connectivity index (χ4v) is 2.87. The smallest absolute Gasteiger partial charge is 0.307 e. The van der Waals surface area contributed by atoms with Gasteiger partial charge in [-0.25, -0.2) is 0 Å². The molecule has 0 amide bonds. The van der Waals surface area contributed by atoms with Gasteiger partial charge in [-0.3, -0.25) is 18.1 Å². The first-order chi connectivity index (χ1) is 16.0. The topological polar surface area (TPSA) is 163 Å². The van der Waals surface area contributed by atoms with E-state index in [2.05, 4.69) is 9.72 Å². The van der Waals surface area contributed by atoms with Crippen molar-refractivity contribution in [2.24, 2.45) is 0 Å². The van der Waals surface area contributed by atoms with Gasteiger partial charge in [-0.1, -0.05) is 0 Å². The molecule has 0 aliphatic heterocycles. The number of carbonyl (C=O) groups is 1. The van der Waals surface area contributed by atoms with Gasteiger partial charge in [0, 0.05) is 12.1 Å². The molecule has 0 aliphatic rings. The molecular weight excluding hydrogens is 498 g/mol. The lowest BCUT2D eigenvalue weighted by Gasteiger charge is -2.11. The van der Waals surface area contributed by atoms with Crippen molar-refractivity contribution in [2.45, 2.75) is 19.6 Å². The Morgan fingerprint density at radius 1 is 0.765 bits per heavy atom. The highest BCUT2D eigenvalue weighted by Crippen LogP contribution is 2.17. The van der Waals surface area contributed by atoms with Crippen LogP contribution in [-0.4, -0.2) is 93.7 Å². The Balaban J connectivity index is 2.34. The van der Waals surface area contributed by atoms with Gasteiger partial charge in [-0.2, -0.15) is 16.8 Å². The predicted molar refractivity (Wildman–Crippen MR) is 118 cm³/mol. The highest BCUT2D eigenvalue weighted by molar-refractivity contribution is 7.86. The molecule has 0 aliphatic carbocycles. The Bertz CT molecular complexity index is 896. The van der Waals surface area contributed by atoms with E-state index in [4.69, 9.17) is 27.3 Å². The summed E-state index contributed by atoms with van der Waals surface area (Å²) >= 11 is 0. The number of nitrogens with zero attached hydrogens (tertiary/aromatic N) is 1. The van der Waals surface area contributed by atoms with Gasteiger partial charge in [0.15, 0.2) is 0 Å². The minimum Gasteiger partial charge on any atom is -0.491 e. The Kier molecular flexibility index (Phi) is 14.1. The molecule has 0 spiro atoms. The Morgan fingerprint density at radius 3 is 1.65 bits per heavy atom. The molecule has 1 heterocycles. The van der Waals surface area contributed by atoms with Gasteiger partial charge in [-0.05, 0) is 0 Å². The van der Waals surface area contributed by atoms with E-state index >= 15 is 0 Å². The largest absolute Gasteiger partial charge is 0.491 e. The van der Waals surface area contributed by atoms with Crippen LogP contribution >= 0.6 is 0 Å². The SMILES string of the molecule is COC(=O)CCOCCOCCOCCOc1cc(COS(C)(=O)=O)nc(COS(C)(=O)=O)c1. The molecule has 0 saturated carbocycles. The molecule has 0 bridgehead atoms. The van der Waals surface area contributed by atoms with Crippen molar-refractivity contribution in [3.8, 4) is 5.75 Å². The summed E-state index contributed by atoms with van der Waals surface area (Å²) in [4.78, 5) is 15.0. The highest BCUT2D eigenvalue weighted by atomic mass is 32.2. The first-order valence-corrected chi connectivity index (χ1v) is 13.7. The first-order valence-electron chi connectivity index (χ1n) is 10.1. The summed E-state index contributed by atoms with van der Waals surface area (Å²) in [5.74, 6) is -0.0154. The zero-order valence-electron chi connectivity index (χ0n) is 19.4. The van der Waals surface area contributed by atoms with Gasteiger partial charge in [-0.15, -0.1) is 0 Å². The second-order valence-electron chi connectivity index (χ2n) is 6.73. The third kappa shape index (κ3) is 16.7. The molecule has 0 unspecified atom stereocenters. The van der Waals surface area contributed by atoms with Gasteiger partial charge in [0.1, 0.15) is 25.6 Å². The van der Waals surface area contributed by atoms with Gasteiger partial charge >= 0.3 is 5.97 Å². The van der Waals surface area contributed by atoms with Crippen molar-refractivity contribution >= 4 is 26.2 Å². The van der Waals surface area contributed by atoms with Gasteiger partial charge in [0.25, 0.3) is 20.2 Å². The first kappa shape index (κ1) is 30.2. The van der Waals surface area contributed by atoms with Crippen molar-refractivity contribution < 1.29 is 53.7 Å². The van der Waals surface area contributed by atoms with Crippen LogP contribution in [0.1, 0.15) is 17.8 Å². The standard InChI is InChI=1S/C19H31NO12S2/c1-26-19(21)4-5-27-6-7-28-8-9-29-10-11-30-18-12-16(14-31-33(2,22)23)20-17(13-18)15-32-34(3,24)25/h12-13H,4-11,14-15H2,1-3H3. The third-order valence-corrected chi connectivity index (χ3v) is 4.76. The molecule has 0 radical (unpaired) electrons. The summed E-state index contributed by atoms with van der Waals surface area (Å²) in [6.45, 7) is 1.35. The van der Waals surface area contributed by atoms with Crippen molar-refractivity contribution in [3.63, 3.8) is 0 Å². The number of ether oxygens (including phenoxy) is 5. The van der Waals surface area contributed by atoms with Gasteiger partial charge < -0.3 is 23.7 Å². The fraction of sp³-hybridized carbons (Fsp3) is 0.684. The van der Waals surface area contributed by atoms with E-state index in [0.717, 1.165) is 12.5 Å². The molecule has 15 heteroatoms. The Hall–Kier alpha value is -1.88. The van der Waals surface area contributed by atoms with E-state index in [0.29, 0.717) is 32.2 Å². The normalized spacial score (nSPS) is 12.0. The molecule has 1 aromatic heterocycles. The summed E-state index contributed by atoms with van der Waals surface area (Å²) < 4.78 is 80.3. The molecule has 0 saturated heterocycles. The van der Waals surface area contributed by atoms with E-state index < -0.39 is 20.2 Å². The van der Waals surface area contributed by atoms with Crippen molar-refractivity contribution in [2.75, 3.05) is 65.9 Å². The third-order valence-electron chi connectivity index (χ3n) is 3.67. The number of methoxy groups -OCH3 is 1. The lowest BCUT2D eigenvalue weighted by atomic mass is 10.3. The molecule has 0 atom stereocenters. The molecule has 1 rings (SSSR count). The summed E-state index contributed by atoms with van der Waals surface area (Å²) in [7, 11) is -6.07. The molecule has 196 valence electrons. The minimum atomic E-state index is -3.69. The number of esters is 1. The number of hydrogen-bond donors (Lipinski definition) is 0. The van der Waals surface area contributed by atoms with Crippen LogP contribution in [0.4, 0.5) is 0 Å². The summed E-state index contributed by atoms with van der Waals surface area (Å²) in [5.41, 5.74) is 0.441. The Labute approximate surface area is 199 Å². The van der Waals surface area contributed by atoms with Crippen LogP contribution in [0.15, 0.2) is 12.1 Å². The van der Waals surface area contributed by atoms with E-state index in [1.807, 2.05) is 0 Å². The maximum atomic E-state index is 11.2. The van der Waals surface area contributed by atoms with Gasteiger partial charge in [0.2, 0.25) is 0 Å². The van der Waals surface area contributed by atoms with Crippen LogP contribution in [-0.2, 0) is 65.6 Å². The number of hydrogen-bond acceptors (Lipinski definition) is 13. The van der Waals surface area contributed by atoms with Crippen LogP contribution in [0.5, 0.6) is 5.75 Å². The van der Waals surface area contributed by atoms with E-state index in [1.54, 1.807) is 0 Å². The molecule has 0 N–H and O–H groups in total. The Morgan fingerprint density at radius 2 is 1.21 bits per heavy atom. The van der Waals surface area contributed by atoms with E-state index in [-0.39, 0.29) is 56.8 Å². The van der Waals surface area contributed by atoms with E-state index in [1.165, 1.54) is 19.2 Å². The average Bonchev–Trinajstić information content (AvgIpc) is 2.76. The number of aromatic nitrogens is 1. The number of rotatable bonds is 19. The average molecular weight is 530 g/mol. The minimum absolute atomic E-state index is 0.166. The quantitative estimate of drug-likeness (QED) is 0.134. The highest BCUT2D eigenvalue weighted by Gasteiger charge is 2.10. The second-order valence-corrected chi connectivity index (χ2v) is 10.0. The summed E-state index contributed by atoms with van der Waals surface area (Å²) in [6, 6.07) is 2.94. The lowest BCUT2D eigenvalue weighted by Crippen LogP contribution is -2.14. The van der Waals surface area contributed by atoms with Crippen LogP contribution in [0, 0.1) is 0 Å². The molecule has 0 aromatic carbocycles. The second kappa shape index (κ2) is 15.9. The number of pyridine rings is 1. The van der Waals surface area contributed by atoms with Crippen LogP contribution < -0.4 is 4.74 Å². The van der Waals surface area contributed by atoms with Crippen molar-refractivity contribution in [1.29, 1.82) is 0 Å². The van der Waals surface area contributed by atoms with Gasteiger partial charge in [0.05, 0.1) is 77.1 Å². The predicted octanol–water partition coefficient (Wildman–Crippen LogP) is 0.0257. The van der Waals surface area contributed by atoms with Crippen LogP contribution in [0.25, 0.3) is 0 Å². The van der Waals surface area contributed by atoms with E-state index in [9.17, 15) is 21.6 Å². The maximum Gasteiger partial charge on any atom is 0.307 e. The number of carbonyl (C=O) groups excluding carboxylic acids is 1. The van der Waals surface area contributed by atoms with Crippen LogP contribution in [0.2, 0.25) is 0 Å². The fourth-order valence-electron chi connectivity index (χ4n) is 2.20. The molecule has 1 aromatic rings. The molecule has 34 heavy (non-hydrogen) atoms. The molecular formula is C19H31NO12S2. The summed E-state index contributed by atoms with van der Waals surface area (Å²) in [6.07, 6.45) is 2.00. The maximum absolute atomic E-state index is 11.2. The monoisotopic (exact) mass is 529 g/mol. The molecule has 13 nitrogen and oxygen atoms in total. The molecule has 0 fully saturated rings.